The van der Waals surface area contributed by atoms with Crippen molar-refractivity contribution in [2.75, 3.05) is 13.1 Å². The molecule has 1 fully saturated rings. The van der Waals surface area contributed by atoms with Gasteiger partial charge in [-0.1, -0.05) is 0 Å². The number of aromatic nitrogens is 3. The number of nitrogens with zero attached hydrogens (tertiary/aromatic N) is 3. The first kappa shape index (κ1) is 13.7. The van der Waals surface area contributed by atoms with E-state index in [1.54, 1.807) is 16.9 Å². The molecule has 2 N–H and O–H groups in total. The fourth-order valence-electron chi connectivity index (χ4n) is 2.13. The molecule has 7 heteroatoms. The quantitative estimate of drug-likeness (QED) is 0.844. The van der Waals surface area contributed by atoms with Gasteiger partial charge in [0.25, 0.3) is 5.91 Å². The highest BCUT2D eigenvalue weighted by Gasteiger charge is 2.18. The molecule has 2 aromatic rings. The average molecular weight is 289 g/mol. The zero-order chi connectivity index (χ0) is 14.7. The highest BCUT2D eigenvalue weighted by atomic mass is 19.1. The van der Waals surface area contributed by atoms with Crippen LogP contribution < -0.4 is 10.6 Å². The summed E-state index contributed by atoms with van der Waals surface area (Å²) >= 11 is 0. The van der Waals surface area contributed by atoms with E-state index in [-0.39, 0.29) is 18.1 Å². The van der Waals surface area contributed by atoms with Gasteiger partial charge in [0.15, 0.2) is 0 Å². The maximum Gasteiger partial charge on any atom is 0.272 e. The summed E-state index contributed by atoms with van der Waals surface area (Å²) in [7, 11) is 0. The number of halogens is 1. The van der Waals surface area contributed by atoms with Crippen LogP contribution in [0.15, 0.2) is 30.6 Å². The van der Waals surface area contributed by atoms with Gasteiger partial charge < -0.3 is 10.6 Å². The molecule has 1 saturated heterocycles. The molecule has 110 valence electrons. The molecule has 6 nitrogen and oxygen atoms in total. The topological polar surface area (TPSA) is 71.8 Å². The number of amides is 1. The molecule has 0 unspecified atom stereocenters. The Hall–Kier alpha value is -2.28. The Balaban J connectivity index is 1.56. The van der Waals surface area contributed by atoms with Gasteiger partial charge in [-0.05, 0) is 18.2 Å². The van der Waals surface area contributed by atoms with Crippen molar-refractivity contribution in [3.8, 4) is 0 Å². The van der Waals surface area contributed by atoms with Gasteiger partial charge in [-0.15, -0.1) is 0 Å². The lowest BCUT2D eigenvalue weighted by Gasteiger charge is -2.26. The summed E-state index contributed by atoms with van der Waals surface area (Å²) in [4.78, 5) is 15.8. The molecular weight excluding hydrogens is 273 g/mol. The van der Waals surface area contributed by atoms with Gasteiger partial charge in [0, 0.05) is 37.9 Å². The molecule has 0 saturated carbocycles. The minimum Gasteiger partial charge on any atom is -0.345 e. The summed E-state index contributed by atoms with van der Waals surface area (Å²) in [6.45, 7) is 2.82. The fraction of sp³-hybridized carbons (Fsp3) is 0.357. The van der Waals surface area contributed by atoms with Crippen LogP contribution in [0.25, 0.3) is 0 Å². The van der Waals surface area contributed by atoms with Crippen LogP contribution in [0.2, 0.25) is 0 Å². The van der Waals surface area contributed by atoms with Crippen LogP contribution in [-0.2, 0) is 13.1 Å². The molecular formula is C14H16FN5O. The van der Waals surface area contributed by atoms with Gasteiger partial charge in [0.2, 0.25) is 0 Å². The highest BCUT2D eigenvalue weighted by Crippen LogP contribution is 2.07. The first-order valence-corrected chi connectivity index (χ1v) is 6.84. The van der Waals surface area contributed by atoms with Gasteiger partial charge in [-0.3, -0.25) is 14.5 Å². The number of carbonyl (C=O) groups excluding carboxylic acids is 1. The minimum absolute atomic E-state index is 0.0465. The molecule has 2 aromatic heterocycles. The van der Waals surface area contributed by atoms with Crippen LogP contribution in [0.4, 0.5) is 4.39 Å². The molecule has 1 aliphatic rings. The third-order valence-electron chi connectivity index (χ3n) is 3.44. The van der Waals surface area contributed by atoms with Crippen LogP contribution in [0, 0.1) is 11.7 Å². The molecule has 0 aromatic carbocycles. The molecule has 3 rings (SSSR count). The molecule has 0 spiro atoms. The van der Waals surface area contributed by atoms with Gasteiger partial charge >= 0.3 is 0 Å². The second kappa shape index (κ2) is 6.01. The molecule has 0 atom stereocenters. The lowest BCUT2D eigenvalue weighted by atomic mass is 10.0. The molecule has 0 aliphatic carbocycles. The standard InChI is InChI=1S/C14H16FN5O/c15-11-2-1-4-17-13(11)8-18-14(21)12-3-5-20(19-12)9-10-6-16-7-10/h1-5,10,16H,6-9H2,(H,18,21). The van der Waals surface area contributed by atoms with Crippen molar-refractivity contribution < 1.29 is 9.18 Å². The summed E-state index contributed by atoms with van der Waals surface area (Å²) in [6, 6.07) is 4.49. The Morgan fingerprint density at radius 3 is 3.05 bits per heavy atom. The van der Waals surface area contributed by atoms with Gasteiger partial charge in [-0.2, -0.15) is 5.10 Å². The Morgan fingerprint density at radius 1 is 1.48 bits per heavy atom. The second-order valence-corrected chi connectivity index (χ2v) is 5.06. The molecule has 3 heterocycles. The van der Waals surface area contributed by atoms with E-state index in [1.165, 1.54) is 18.3 Å². The van der Waals surface area contributed by atoms with Crippen LogP contribution in [0.5, 0.6) is 0 Å². The number of nitrogens with one attached hydrogen (secondary N) is 2. The maximum absolute atomic E-state index is 13.4. The summed E-state index contributed by atoms with van der Waals surface area (Å²) < 4.78 is 15.2. The molecule has 0 bridgehead atoms. The SMILES string of the molecule is O=C(NCc1ncccc1F)c1ccn(CC2CNC2)n1. The van der Waals surface area contributed by atoms with E-state index in [2.05, 4.69) is 20.7 Å². The first-order valence-electron chi connectivity index (χ1n) is 6.84. The van der Waals surface area contributed by atoms with E-state index in [0.29, 0.717) is 11.6 Å². The molecule has 0 radical (unpaired) electrons. The van der Waals surface area contributed by atoms with Crippen LogP contribution in [-0.4, -0.2) is 33.8 Å². The van der Waals surface area contributed by atoms with E-state index < -0.39 is 5.82 Å². The number of carbonyl (C=O) groups is 1. The van der Waals surface area contributed by atoms with Gasteiger partial charge in [0.1, 0.15) is 11.5 Å². The third kappa shape index (κ3) is 3.25. The van der Waals surface area contributed by atoms with Gasteiger partial charge in [-0.25, -0.2) is 4.39 Å². The maximum atomic E-state index is 13.4. The zero-order valence-electron chi connectivity index (χ0n) is 11.4. The number of hydrogen-bond acceptors (Lipinski definition) is 4. The van der Waals surface area contributed by atoms with Crippen molar-refractivity contribution in [2.45, 2.75) is 13.1 Å². The van der Waals surface area contributed by atoms with Crippen LogP contribution in [0.1, 0.15) is 16.2 Å². The predicted octanol–water partition coefficient (Wildman–Crippen LogP) is 0.567. The van der Waals surface area contributed by atoms with Crippen LogP contribution in [0.3, 0.4) is 0 Å². The van der Waals surface area contributed by atoms with E-state index in [1.807, 2.05) is 0 Å². The average Bonchev–Trinajstić information content (AvgIpc) is 2.90. The smallest absolute Gasteiger partial charge is 0.272 e. The van der Waals surface area contributed by atoms with E-state index in [4.69, 9.17) is 0 Å². The summed E-state index contributed by atoms with van der Waals surface area (Å²) in [6.07, 6.45) is 3.28. The summed E-state index contributed by atoms with van der Waals surface area (Å²) in [5.41, 5.74) is 0.546. The van der Waals surface area contributed by atoms with Crippen LogP contribution >= 0.6 is 0 Å². The fourth-order valence-corrected chi connectivity index (χ4v) is 2.13. The Labute approximate surface area is 121 Å². The minimum atomic E-state index is -0.430. The number of pyridine rings is 1. The lowest BCUT2D eigenvalue weighted by molar-refractivity contribution is 0.0944. The summed E-state index contributed by atoms with van der Waals surface area (Å²) in [5, 5.41) is 10.0. The first-order chi connectivity index (χ1) is 10.2. The van der Waals surface area contributed by atoms with E-state index in [0.717, 1.165) is 19.6 Å². The molecule has 21 heavy (non-hydrogen) atoms. The van der Waals surface area contributed by atoms with E-state index in [9.17, 15) is 9.18 Å². The highest BCUT2D eigenvalue weighted by molar-refractivity contribution is 5.92. The lowest BCUT2D eigenvalue weighted by Crippen LogP contribution is -2.44. The third-order valence-corrected chi connectivity index (χ3v) is 3.44. The van der Waals surface area contributed by atoms with Crippen molar-refractivity contribution in [3.63, 3.8) is 0 Å². The van der Waals surface area contributed by atoms with Gasteiger partial charge in [0.05, 0.1) is 12.2 Å². The van der Waals surface area contributed by atoms with E-state index >= 15 is 0 Å². The molecule has 1 aliphatic heterocycles. The summed E-state index contributed by atoms with van der Waals surface area (Å²) in [5.74, 6) is -0.185. The Bertz CT molecular complexity index is 638. The number of rotatable bonds is 5. The van der Waals surface area contributed by atoms with Crippen molar-refractivity contribution >= 4 is 5.91 Å². The monoisotopic (exact) mass is 289 g/mol. The largest absolute Gasteiger partial charge is 0.345 e. The predicted molar refractivity (Wildman–Crippen MR) is 74.0 cm³/mol. The number of hydrogen-bond donors (Lipinski definition) is 2. The normalized spacial score (nSPS) is 14.7. The zero-order valence-corrected chi connectivity index (χ0v) is 11.4. The van der Waals surface area contributed by atoms with Crippen molar-refractivity contribution in [3.05, 3.63) is 47.8 Å². The second-order valence-electron chi connectivity index (χ2n) is 5.06. The van der Waals surface area contributed by atoms with Crippen molar-refractivity contribution in [2.24, 2.45) is 5.92 Å². The Kier molecular flexibility index (Phi) is 3.92. The van der Waals surface area contributed by atoms with Crippen molar-refractivity contribution in [1.29, 1.82) is 0 Å². The molecule has 1 amide bonds. The van der Waals surface area contributed by atoms with Crippen molar-refractivity contribution in [1.82, 2.24) is 25.4 Å². The Morgan fingerprint density at radius 2 is 2.33 bits per heavy atom.